The van der Waals surface area contributed by atoms with Crippen LogP contribution >= 0.6 is 23.2 Å². The molecule has 0 N–H and O–H groups in total. The molecule has 0 aliphatic heterocycles. The van der Waals surface area contributed by atoms with E-state index in [1.54, 1.807) is 0 Å². The number of hydrogen-bond donors (Lipinski definition) is 0. The molecule has 3 rings (SSSR count). The normalized spacial score (nSPS) is 11.3. The lowest BCUT2D eigenvalue weighted by molar-refractivity contribution is -0.384. The Labute approximate surface area is 164 Å². The largest absolute Gasteiger partial charge is 0.452 e. The number of pyridine rings is 1. The molecule has 0 saturated heterocycles. The molecule has 3 aromatic rings. The zero-order valence-corrected chi connectivity index (χ0v) is 15.5. The Hall–Kier alpha value is -3.14. The first-order valence-corrected chi connectivity index (χ1v) is 8.44. The van der Waals surface area contributed by atoms with Crippen LogP contribution in [-0.4, -0.2) is 9.91 Å². The maximum absolute atomic E-state index is 10.8. The third kappa shape index (κ3) is 3.85. The fourth-order valence-electron chi connectivity index (χ4n) is 2.47. The number of nitrogens with zero attached hydrogens (tertiary/aromatic N) is 3. The van der Waals surface area contributed by atoms with Crippen molar-refractivity contribution in [3.63, 3.8) is 0 Å². The van der Waals surface area contributed by atoms with Crippen molar-refractivity contribution in [3.8, 4) is 11.8 Å². The van der Waals surface area contributed by atoms with E-state index in [2.05, 4.69) is 4.98 Å². The molecule has 2 aromatic carbocycles. The second kappa shape index (κ2) is 7.62. The number of nitriles is 1. The van der Waals surface area contributed by atoms with Crippen LogP contribution in [0.4, 0.5) is 5.69 Å². The molecule has 0 aliphatic rings. The molecule has 0 unspecified atom stereocenters. The lowest BCUT2D eigenvalue weighted by atomic mass is 10.1. The average Bonchev–Trinajstić information content (AvgIpc) is 2.64. The van der Waals surface area contributed by atoms with Crippen LogP contribution in [-0.2, 0) is 0 Å². The van der Waals surface area contributed by atoms with Gasteiger partial charge in [-0.15, -0.1) is 0 Å². The topological polar surface area (TPSA) is 89.0 Å². The molecule has 0 aliphatic carbocycles. The Balaban J connectivity index is 2.11. The monoisotopic (exact) mass is 399 g/mol. The summed E-state index contributed by atoms with van der Waals surface area (Å²) in [5, 5.41) is 21.2. The summed E-state index contributed by atoms with van der Waals surface area (Å²) in [6.45, 7) is 1.82. The summed E-state index contributed by atoms with van der Waals surface area (Å²) >= 11 is 12.5. The maximum Gasteiger partial charge on any atom is 0.269 e. The van der Waals surface area contributed by atoms with Gasteiger partial charge in [-0.25, -0.2) is 4.98 Å². The van der Waals surface area contributed by atoms with Crippen LogP contribution in [0.15, 0.2) is 48.5 Å². The molecule has 1 heterocycles. The van der Waals surface area contributed by atoms with Crippen molar-refractivity contribution < 1.29 is 9.66 Å². The van der Waals surface area contributed by atoms with E-state index in [0.29, 0.717) is 21.5 Å². The number of benzene rings is 2. The van der Waals surface area contributed by atoms with Gasteiger partial charge >= 0.3 is 0 Å². The molecule has 0 bridgehead atoms. The average molecular weight is 400 g/mol. The smallest absolute Gasteiger partial charge is 0.269 e. The molecular formula is C19H11Cl2N3O3. The number of halogens is 2. The summed E-state index contributed by atoms with van der Waals surface area (Å²) in [6.07, 6.45) is 1.19. The number of allylic oxidation sites excluding steroid dienone is 1. The van der Waals surface area contributed by atoms with Gasteiger partial charge in [-0.2, -0.15) is 5.26 Å². The Kier molecular flexibility index (Phi) is 5.26. The van der Waals surface area contributed by atoms with Crippen LogP contribution in [0.5, 0.6) is 5.75 Å². The van der Waals surface area contributed by atoms with E-state index in [-0.39, 0.29) is 22.2 Å². The van der Waals surface area contributed by atoms with Crippen molar-refractivity contribution in [2.24, 2.45) is 0 Å². The van der Waals surface area contributed by atoms with E-state index in [4.69, 9.17) is 33.2 Å². The van der Waals surface area contributed by atoms with E-state index in [9.17, 15) is 10.1 Å². The maximum atomic E-state index is 10.8. The molecule has 0 radical (unpaired) electrons. The van der Waals surface area contributed by atoms with Crippen molar-refractivity contribution >= 4 is 45.6 Å². The van der Waals surface area contributed by atoms with Crippen LogP contribution in [0.2, 0.25) is 10.0 Å². The van der Waals surface area contributed by atoms with Gasteiger partial charge in [0.05, 0.1) is 27.1 Å². The molecule has 0 saturated carbocycles. The minimum atomic E-state index is -0.505. The highest BCUT2D eigenvalue weighted by molar-refractivity contribution is 6.39. The van der Waals surface area contributed by atoms with Gasteiger partial charge in [-0.05, 0) is 37.3 Å². The third-order valence-corrected chi connectivity index (χ3v) is 4.34. The number of ether oxygens (including phenoxy) is 1. The SMILES string of the molecule is Cc1ccc2c(Cl)cc(Cl)c(O/C(=C\C#N)c3ccc([N+](=O)[O-])cc3)c2n1. The van der Waals surface area contributed by atoms with Gasteiger partial charge in [0.1, 0.15) is 11.3 Å². The van der Waals surface area contributed by atoms with E-state index < -0.39 is 4.92 Å². The molecule has 27 heavy (non-hydrogen) atoms. The highest BCUT2D eigenvalue weighted by Crippen LogP contribution is 2.39. The predicted octanol–water partition coefficient (Wildman–Crippen LogP) is 5.70. The molecule has 6 nitrogen and oxygen atoms in total. The second-order valence-electron chi connectivity index (χ2n) is 5.56. The predicted molar refractivity (Wildman–Crippen MR) is 104 cm³/mol. The van der Waals surface area contributed by atoms with Gasteiger partial charge in [-0.1, -0.05) is 23.2 Å². The van der Waals surface area contributed by atoms with Crippen LogP contribution in [0.25, 0.3) is 16.7 Å². The zero-order chi connectivity index (χ0) is 19.6. The summed E-state index contributed by atoms with van der Waals surface area (Å²) in [5.41, 5.74) is 1.61. The van der Waals surface area contributed by atoms with Gasteiger partial charge < -0.3 is 4.74 Å². The zero-order valence-electron chi connectivity index (χ0n) is 13.9. The van der Waals surface area contributed by atoms with Gasteiger partial charge in [0.15, 0.2) is 5.75 Å². The van der Waals surface area contributed by atoms with E-state index in [1.165, 1.54) is 36.4 Å². The molecule has 0 amide bonds. The first-order valence-electron chi connectivity index (χ1n) is 7.68. The van der Waals surface area contributed by atoms with Crippen LogP contribution in [0.3, 0.4) is 0 Å². The fourth-order valence-corrected chi connectivity index (χ4v) is 3.03. The number of non-ortho nitro benzene ring substituents is 1. The molecule has 8 heteroatoms. The van der Waals surface area contributed by atoms with Gasteiger partial charge in [0.25, 0.3) is 5.69 Å². The number of aromatic nitrogens is 1. The lowest BCUT2D eigenvalue weighted by Crippen LogP contribution is -1.99. The number of hydrogen-bond acceptors (Lipinski definition) is 5. The van der Waals surface area contributed by atoms with Crippen LogP contribution < -0.4 is 4.74 Å². The standard InChI is InChI=1S/C19H11Cl2N3O3/c1-11-2-7-14-15(20)10-16(21)19(18(14)23-11)27-17(8-9-22)12-3-5-13(6-4-12)24(25)26/h2-8,10H,1H3/b17-8-. The third-order valence-electron chi connectivity index (χ3n) is 3.75. The van der Waals surface area contributed by atoms with Crippen LogP contribution in [0, 0.1) is 28.4 Å². The minimum absolute atomic E-state index is 0.0673. The Morgan fingerprint density at radius 3 is 2.56 bits per heavy atom. The van der Waals surface area contributed by atoms with Gasteiger partial charge in [-0.3, -0.25) is 10.1 Å². The van der Waals surface area contributed by atoms with Crippen molar-refractivity contribution in [1.29, 1.82) is 5.26 Å². The van der Waals surface area contributed by atoms with Crippen molar-refractivity contribution in [2.45, 2.75) is 6.92 Å². The lowest BCUT2D eigenvalue weighted by Gasteiger charge is -2.14. The number of rotatable bonds is 4. The van der Waals surface area contributed by atoms with E-state index >= 15 is 0 Å². The Morgan fingerprint density at radius 2 is 1.93 bits per heavy atom. The first-order chi connectivity index (χ1) is 12.9. The second-order valence-corrected chi connectivity index (χ2v) is 6.38. The summed E-state index contributed by atoms with van der Waals surface area (Å²) in [7, 11) is 0. The summed E-state index contributed by atoms with van der Waals surface area (Å²) in [5.74, 6) is 0.431. The van der Waals surface area contributed by atoms with Crippen LogP contribution in [0.1, 0.15) is 11.3 Å². The van der Waals surface area contributed by atoms with Crippen molar-refractivity contribution in [2.75, 3.05) is 0 Å². The number of nitro groups is 1. The van der Waals surface area contributed by atoms with Gasteiger partial charge in [0.2, 0.25) is 0 Å². The Morgan fingerprint density at radius 1 is 1.22 bits per heavy atom. The number of nitro benzene ring substituents is 1. The molecule has 0 fully saturated rings. The quantitative estimate of drug-likeness (QED) is 0.243. The molecular weight excluding hydrogens is 389 g/mol. The summed E-state index contributed by atoms with van der Waals surface area (Å²) in [6, 6.07) is 12.7. The summed E-state index contributed by atoms with van der Waals surface area (Å²) < 4.78 is 5.91. The highest BCUT2D eigenvalue weighted by atomic mass is 35.5. The molecule has 1 aromatic heterocycles. The van der Waals surface area contributed by atoms with E-state index in [0.717, 1.165) is 5.69 Å². The highest BCUT2D eigenvalue weighted by Gasteiger charge is 2.16. The van der Waals surface area contributed by atoms with Gasteiger partial charge in [0, 0.05) is 28.8 Å². The van der Waals surface area contributed by atoms with Crippen molar-refractivity contribution in [3.05, 3.63) is 80.0 Å². The van der Waals surface area contributed by atoms with E-state index in [1.807, 2.05) is 25.1 Å². The first kappa shape index (κ1) is 18.6. The Bertz CT molecular complexity index is 1120. The number of aryl methyl sites for hydroxylation is 1. The summed E-state index contributed by atoms with van der Waals surface area (Å²) in [4.78, 5) is 14.8. The fraction of sp³-hybridized carbons (Fsp3) is 0.0526. The molecule has 0 atom stereocenters. The molecule has 0 spiro atoms. The number of fused-ring (bicyclic) bond motifs is 1. The minimum Gasteiger partial charge on any atom is -0.452 e. The van der Waals surface area contributed by atoms with Crippen molar-refractivity contribution in [1.82, 2.24) is 4.98 Å². The molecule has 134 valence electrons.